The Labute approximate surface area is 106 Å². The lowest BCUT2D eigenvalue weighted by Gasteiger charge is -2.07. The van der Waals surface area contributed by atoms with Gasteiger partial charge in [0.25, 0.3) is 5.91 Å². The number of aryl methyl sites for hydroxylation is 1. The molecule has 17 heavy (non-hydrogen) atoms. The number of anilines is 1. The van der Waals surface area contributed by atoms with E-state index in [1.807, 2.05) is 55.5 Å². The minimum atomic E-state index is -0.0879. The van der Waals surface area contributed by atoms with E-state index in [0.29, 0.717) is 5.56 Å². The van der Waals surface area contributed by atoms with Crippen molar-refractivity contribution >= 4 is 24.2 Å². The van der Waals surface area contributed by atoms with Crippen LogP contribution in [0.2, 0.25) is 0 Å². The van der Waals surface area contributed by atoms with E-state index in [2.05, 4.69) is 17.9 Å². The number of hydrogen-bond donors (Lipinski definition) is 2. The van der Waals surface area contributed by atoms with Gasteiger partial charge in [-0.2, -0.15) is 0 Å². The average Bonchev–Trinajstić information content (AvgIpc) is 2.32. The first-order chi connectivity index (χ1) is 8.16. The largest absolute Gasteiger partial charge is 0.322 e. The van der Waals surface area contributed by atoms with Gasteiger partial charge in [-0.1, -0.05) is 18.2 Å². The molecule has 0 aliphatic carbocycles. The molecule has 86 valence electrons. The summed E-state index contributed by atoms with van der Waals surface area (Å²) in [6, 6.07) is 14.9. The van der Waals surface area contributed by atoms with Gasteiger partial charge >= 0.3 is 0 Å². The lowest BCUT2D eigenvalue weighted by Crippen LogP contribution is -2.13. The monoisotopic (exact) mass is 243 g/mol. The Bertz CT molecular complexity index is 534. The van der Waals surface area contributed by atoms with Crippen molar-refractivity contribution in [1.82, 2.24) is 0 Å². The number of nitrogens with one attached hydrogen (secondary N) is 1. The quantitative estimate of drug-likeness (QED) is 0.776. The minimum absolute atomic E-state index is 0.0879. The molecular weight excluding hydrogens is 230 g/mol. The molecule has 0 atom stereocenters. The Morgan fingerprint density at radius 2 is 1.71 bits per heavy atom. The summed E-state index contributed by atoms with van der Waals surface area (Å²) in [7, 11) is 0. The molecular formula is C14H13NOS. The topological polar surface area (TPSA) is 29.1 Å². The molecule has 0 radical (unpaired) electrons. The number of rotatable bonds is 2. The van der Waals surface area contributed by atoms with Gasteiger partial charge in [-0.15, -0.1) is 12.6 Å². The number of benzene rings is 2. The van der Waals surface area contributed by atoms with E-state index >= 15 is 0 Å². The summed E-state index contributed by atoms with van der Waals surface area (Å²) < 4.78 is 0. The smallest absolute Gasteiger partial charge is 0.255 e. The molecule has 0 fully saturated rings. The lowest BCUT2D eigenvalue weighted by atomic mass is 10.1. The van der Waals surface area contributed by atoms with E-state index in [-0.39, 0.29) is 5.91 Å². The van der Waals surface area contributed by atoms with Gasteiger partial charge in [-0.05, 0) is 42.8 Å². The molecule has 0 aliphatic heterocycles. The Kier molecular flexibility index (Phi) is 3.49. The fourth-order valence-corrected chi connectivity index (χ4v) is 1.72. The zero-order chi connectivity index (χ0) is 12.3. The zero-order valence-corrected chi connectivity index (χ0v) is 10.4. The third kappa shape index (κ3) is 2.88. The van der Waals surface area contributed by atoms with E-state index in [9.17, 15) is 4.79 Å². The molecule has 0 saturated carbocycles. The molecule has 0 aromatic heterocycles. The van der Waals surface area contributed by atoms with Crippen molar-refractivity contribution < 1.29 is 4.79 Å². The molecule has 1 N–H and O–H groups in total. The van der Waals surface area contributed by atoms with Gasteiger partial charge < -0.3 is 5.32 Å². The highest BCUT2D eigenvalue weighted by Crippen LogP contribution is 2.14. The highest BCUT2D eigenvalue weighted by Gasteiger charge is 2.07. The minimum Gasteiger partial charge on any atom is -0.322 e. The Balaban J connectivity index is 2.17. The molecule has 0 saturated heterocycles. The van der Waals surface area contributed by atoms with Crippen molar-refractivity contribution in [2.75, 3.05) is 5.32 Å². The Morgan fingerprint density at radius 1 is 1.06 bits per heavy atom. The summed E-state index contributed by atoms with van der Waals surface area (Å²) in [6.45, 7) is 1.92. The molecule has 0 unspecified atom stereocenters. The maximum atomic E-state index is 12.0. The van der Waals surface area contributed by atoms with Crippen molar-refractivity contribution in [1.29, 1.82) is 0 Å². The van der Waals surface area contributed by atoms with Crippen LogP contribution < -0.4 is 5.32 Å². The summed E-state index contributed by atoms with van der Waals surface area (Å²) in [5, 5.41) is 2.85. The third-order valence-corrected chi connectivity index (χ3v) is 2.81. The summed E-state index contributed by atoms with van der Waals surface area (Å²) >= 11 is 4.20. The first-order valence-corrected chi connectivity index (χ1v) is 5.77. The van der Waals surface area contributed by atoms with Gasteiger partial charge in [0.05, 0.1) is 0 Å². The predicted octanol–water partition coefficient (Wildman–Crippen LogP) is 3.54. The summed E-state index contributed by atoms with van der Waals surface area (Å²) in [6.07, 6.45) is 0. The second-order valence-electron chi connectivity index (χ2n) is 3.82. The third-order valence-electron chi connectivity index (χ3n) is 2.51. The van der Waals surface area contributed by atoms with Crippen LogP contribution in [0.5, 0.6) is 0 Å². The second kappa shape index (κ2) is 5.06. The molecule has 2 nitrogen and oxygen atoms in total. The SMILES string of the molecule is Cc1ccccc1C(=O)Nc1ccc(S)cc1. The zero-order valence-electron chi connectivity index (χ0n) is 9.47. The summed E-state index contributed by atoms with van der Waals surface area (Å²) in [4.78, 5) is 12.9. The highest BCUT2D eigenvalue weighted by atomic mass is 32.1. The number of thiol groups is 1. The predicted molar refractivity (Wildman–Crippen MR) is 72.8 cm³/mol. The van der Waals surface area contributed by atoms with Gasteiger partial charge in [0, 0.05) is 16.1 Å². The van der Waals surface area contributed by atoms with Gasteiger partial charge in [-0.3, -0.25) is 4.79 Å². The number of carbonyl (C=O) groups excluding carboxylic acids is 1. The molecule has 1 amide bonds. The molecule has 3 heteroatoms. The Hall–Kier alpha value is -1.74. The average molecular weight is 243 g/mol. The van der Waals surface area contributed by atoms with Crippen LogP contribution >= 0.6 is 12.6 Å². The molecule has 0 bridgehead atoms. The fourth-order valence-electron chi connectivity index (χ4n) is 1.57. The first-order valence-electron chi connectivity index (χ1n) is 5.33. The van der Waals surface area contributed by atoms with Gasteiger partial charge in [0.15, 0.2) is 0 Å². The van der Waals surface area contributed by atoms with Crippen molar-refractivity contribution in [3.63, 3.8) is 0 Å². The molecule has 0 spiro atoms. The van der Waals surface area contributed by atoms with E-state index < -0.39 is 0 Å². The van der Waals surface area contributed by atoms with Crippen LogP contribution in [0.25, 0.3) is 0 Å². The lowest BCUT2D eigenvalue weighted by molar-refractivity contribution is 0.102. The molecule has 2 aromatic rings. The summed E-state index contributed by atoms with van der Waals surface area (Å²) in [5.74, 6) is -0.0879. The summed E-state index contributed by atoms with van der Waals surface area (Å²) in [5.41, 5.74) is 2.44. The Morgan fingerprint density at radius 3 is 2.35 bits per heavy atom. The van der Waals surface area contributed by atoms with Crippen LogP contribution in [-0.2, 0) is 0 Å². The maximum Gasteiger partial charge on any atom is 0.255 e. The molecule has 0 heterocycles. The van der Waals surface area contributed by atoms with Gasteiger partial charge in [0.1, 0.15) is 0 Å². The van der Waals surface area contributed by atoms with E-state index in [1.54, 1.807) is 0 Å². The van der Waals surface area contributed by atoms with Crippen molar-refractivity contribution in [3.8, 4) is 0 Å². The van der Waals surface area contributed by atoms with Gasteiger partial charge in [0.2, 0.25) is 0 Å². The van der Waals surface area contributed by atoms with Crippen molar-refractivity contribution in [2.45, 2.75) is 11.8 Å². The number of carbonyl (C=O) groups is 1. The standard InChI is InChI=1S/C14H13NOS/c1-10-4-2-3-5-13(10)14(16)15-11-6-8-12(17)9-7-11/h2-9,17H,1H3,(H,15,16). The van der Waals surface area contributed by atoms with Crippen molar-refractivity contribution in [2.24, 2.45) is 0 Å². The highest BCUT2D eigenvalue weighted by molar-refractivity contribution is 7.80. The molecule has 2 aromatic carbocycles. The van der Waals surface area contributed by atoms with E-state index in [4.69, 9.17) is 0 Å². The van der Waals surface area contributed by atoms with Crippen LogP contribution in [0.15, 0.2) is 53.4 Å². The van der Waals surface area contributed by atoms with Crippen molar-refractivity contribution in [3.05, 3.63) is 59.7 Å². The molecule has 2 rings (SSSR count). The van der Waals surface area contributed by atoms with Crippen LogP contribution in [0.4, 0.5) is 5.69 Å². The fraction of sp³-hybridized carbons (Fsp3) is 0.0714. The number of amides is 1. The second-order valence-corrected chi connectivity index (χ2v) is 4.33. The van der Waals surface area contributed by atoms with Crippen LogP contribution in [0.3, 0.4) is 0 Å². The normalized spacial score (nSPS) is 10.0. The van der Waals surface area contributed by atoms with Gasteiger partial charge in [-0.25, -0.2) is 0 Å². The van der Waals surface area contributed by atoms with Crippen LogP contribution in [-0.4, -0.2) is 5.91 Å². The van der Waals surface area contributed by atoms with Crippen LogP contribution in [0, 0.1) is 6.92 Å². The van der Waals surface area contributed by atoms with Crippen LogP contribution in [0.1, 0.15) is 15.9 Å². The van der Waals surface area contributed by atoms with E-state index in [0.717, 1.165) is 16.1 Å². The van der Waals surface area contributed by atoms with E-state index in [1.165, 1.54) is 0 Å². The first kappa shape index (κ1) is 11.7. The maximum absolute atomic E-state index is 12.0. The number of hydrogen-bond acceptors (Lipinski definition) is 2. The molecule has 0 aliphatic rings.